The van der Waals surface area contributed by atoms with Gasteiger partial charge in [-0.3, -0.25) is 0 Å². The normalized spacial score (nSPS) is 30.2. The molecule has 19 heavy (non-hydrogen) atoms. The Hall–Kier alpha value is 0.430. The van der Waals surface area contributed by atoms with Gasteiger partial charge < -0.3 is 0 Å². The Bertz CT molecular complexity index is 265. The minimum absolute atomic E-state index is 0.0407. The quantitative estimate of drug-likeness (QED) is 0.506. The van der Waals surface area contributed by atoms with Gasteiger partial charge in [0, 0.05) is 0 Å². The van der Waals surface area contributed by atoms with Crippen LogP contribution in [0.3, 0.4) is 0 Å². The molecule has 1 rings (SSSR count). The fourth-order valence-corrected chi connectivity index (χ4v) is 9.90. The van der Waals surface area contributed by atoms with Crippen molar-refractivity contribution in [2.45, 2.75) is 97.5 Å². The largest absolute Gasteiger partial charge is 0.0921 e. The van der Waals surface area contributed by atoms with Crippen molar-refractivity contribution in [2.24, 2.45) is 17.8 Å². The Kier molecular flexibility index (Phi) is 5.56. The third-order valence-electron chi connectivity index (χ3n) is 4.76. The van der Waals surface area contributed by atoms with E-state index in [4.69, 9.17) is 0 Å². The highest BCUT2D eigenvalue weighted by Crippen LogP contribution is 2.67. The van der Waals surface area contributed by atoms with Gasteiger partial charge in [0.2, 0.25) is 0 Å². The summed E-state index contributed by atoms with van der Waals surface area (Å²) in [5.41, 5.74) is 0.971. The van der Waals surface area contributed by atoms with E-state index >= 15 is 0 Å². The molecule has 0 N–H and O–H groups in total. The van der Waals surface area contributed by atoms with Gasteiger partial charge in [-0.25, -0.2) is 0 Å². The molecule has 1 saturated carbocycles. The van der Waals surface area contributed by atoms with Crippen LogP contribution in [0.5, 0.6) is 0 Å². The molecule has 1 aliphatic carbocycles. The van der Waals surface area contributed by atoms with Crippen molar-refractivity contribution in [1.29, 1.82) is 0 Å². The molecule has 114 valence electrons. The van der Waals surface area contributed by atoms with Crippen molar-refractivity contribution in [3.8, 4) is 0 Å². The SMILES string of the molecule is CC(C)[C@@H]1CC[C@@H](C)CC1P(C(C)(C)C)C(C)(C)C. The third-order valence-corrected chi connectivity index (χ3v) is 8.91. The first-order valence-corrected chi connectivity index (χ1v) is 9.65. The van der Waals surface area contributed by atoms with E-state index in [-0.39, 0.29) is 7.92 Å². The number of hydrogen-bond acceptors (Lipinski definition) is 0. The highest BCUT2D eigenvalue weighted by atomic mass is 31.1. The van der Waals surface area contributed by atoms with Gasteiger partial charge in [-0.1, -0.05) is 76.7 Å². The third kappa shape index (κ3) is 4.45. The molecule has 3 atom stereocenters. The van der Waals surface area contributed by atoms with Crippen LogP contribution < -0.4 is 0 Å². The Labute approximate surface area is 123 Å². The summed E-state index contributed by atoms with van der Waals surface area (Å²) in [5, 5.41) is 0.949. The second kappa shape index (κ2) is 6.05. The lowest BCUT2D eigenvalue weighted by Crippen LogP contribution is -2.40. The predicted octanol–water partition coefficient (Wildman–Crippen LogP) is 6.53. The zero-order valence-corrected chi connectivity index (χ0v) is 15.8. The second-order valence-electron chi connectivity index (χ2n) is 9.11. The molecule has 1 aliphatic rings. The van der Waals surface area contributed by atoms with Gasteiger partial charge in [0.1, 0.15) is 0 Å². The van der Waals surface area contributed by atoms with Crippen molar-refractivity contribution in [3.05, 3.63) is 0 Å². The van der Waals surface area contributed by atoms with Gasteiger partial charge in [0.25, 0.3) is 0 Å². The van der Waals surface area contributed by atoms with Crippen LogP contribution in [-0.4, -0.2) is 16.0 Å². The summed E-state index contributed by atoms with van der Waals surface area (Å²) in [7, 11) is 0.0407. The number of rotatable bonds is 2. The molecule has 0 spiro atoms. The molecule has 0 heterocycles. The van der Waals surface area contributed by atoms with E-state index < -0.39 is 0 Å². The van der Waals surface area contributed by atoms with Gasteiger partial charge in [0.05, 0.1) is 0 Å². The van der Waals surface area contributed by atoms with E-state index in [9.17, 15) is 0 Å². The lowest BCUT2D eigenvalue weighted by Gasteiger charge is -2.52. The van der Waals surface area contributed by atoms with E-state index in [0.29, 0.717) is 10.3 Å². The number of hydrogen-bond donors (Lipinski definition) is 0. The average molecular weight is 284 g/mol. The molecule has 0 nitrogen and oxygen atoms in total. The van der Waals surface area contributed by atoms with Crippen LogP contribution in [0.25, 0.3) is 0 Å². The first-order valence-electron chi connectivity index (χ1n) is 8.24. The predicted molar refractivity (Wildman–Crippen MR) is 91.6 cm³/mol. The molecule has 0 amide bonds. The Balaban J connectivity index is 3.09. The van der Waals surface area contributed by atoms with Crippen molar-refractivity contribution in [1.82, 2.24) is 0 Å². The van der Waals surface area contributed by atoms with Crippen LogP contribution in [0.15, 0.2) is 0 Å². The fourth-order valence-electron chi connectivity index (χ4n) is 4.45. The van der Waals surface area contributed by atoms with Crippen molar-refractivity contribution in [2.75, 3.05) is 0 Å². The summed E-state index contributed by atoms with van der Waals surface area (Å²) in [5.74, 6) is 2.75. The minimum Gasteiger partial charge on any atom is -0.0921 e. The van der Waals surface area contributed by atoms with Crippen LogP contribution in [-0.2, 0) is 0 Å². The minimum atomic E-state index is 0.0407. The molecular formula is C18H37P. The first-order chi connectivity index (χ1) is 8.44. The highest BCUT2D eigenvalue weighted by molar-refractivity contribution is 7.61. The van der Waals surface area contributed by atoms with Crippen LogP contribution in [0.1, 0.15) is 81.6 Å². The average Bonchev–Trinajstić information content (AvgIpc) is 2.11. The summed E-state index contributed by atoms with van der Waals surface area (Å²) in [6, 6.07) is 0. The molecule has 1 fully saturated rings. The maximum Gasteiger partial charge on any atom is -0.0166 e. The molecule has 0 aliphatic heterocycles. The summed E-state index contributed by atoms with van der Waals surface area (Å²) < 4.78 is 0. The van der Waals surface area contributed by atoms with E-state index in [0.717, 1.165) is 23.4 Å². The second-order valence-corrected chi connectivity index (χ2v) is 13.2. The van der Waals surface area contributed by atoms with Crippen LogP contribution in [0.2, 0.25) is 0 Å². The lowest BCUT2D eigenvalue weighted by atomic mass is 9.77. The standard InChI is InChI=1S/C18H37P/c1-13(2)15-11-10-14(3)12-16(15)19(17(4,5)6)18(7,8)9/h13-16H,10-12H2,1-9H3/t14-,15+,16?/m1/s1. The summed E-state index contributed by atoms with van der Waals surface area (Å²) >= 11 is 0. The molecular weight excluding hydrogens is 247 g/mol. The molecule has 0 bridgehead atoms. The molecule has 0 aromatic carbocycles. The van der Waals surface area contributed by atoms with Crippen molar-refractivity contribution >= 4 is 7.92 Å². The maximum atomic E-state index is 2.49. The monoisotopic (exact) mass is 284 g/mol. The Morgan fingerprint density at radius 2 is 1.37 bits per heavy atom. The molecule has 1 unspecified atom stereocenters. The summed E-state index contributed by atoms with van der Waals surface area (Å²) in [6.45, 7) is 22.3. The van der Waals surface area contributed by atoms with Crippen LogP contribution in [0, 0.1) is 17.8 Å². The molecule has 0 aromatic rings. The summed E-state index contributed by atoms with van der Waals surface area (Å²) in [6.07, 6.45) is 4.40. The van der Waals surface area contributed by atoms with Crippen molar-refractivity contribution in [3.63, 3.8) is 0 Å². The van der Waals surface area contributed by atoms with Crippen molar-refractivity contribution < 1.29 is 0 Å². The van der Waals surface area contributed by atoms with Gasteiger partial charge in [-0.15, -0.1) is 0 Å². The van der Waals surface area contributed by atoms with Gasteiger partial charge in [0.15, 0.2) is 0 Å². The van der Waals surface area contributed by atoms with E-state index in [1.165, 1.54) is 19.3 Å². The summed E-state index contributed by atoms with van der Waals surface area (Å²) in [4.78, 5) is 0. The molecule has 0 saturated heterocycles. The zero-order valence-electron chi connectivity index (χ0n) is 14.9. The maximum absolute atomic E-state index is 2.49. The smallest absolute Gasteiger partial charge is 0.0166 e. The highest BCUT2D eigenvalue weighted by Gasteiger charge is 2.45. The van der Waals surface area contributed by atoms with Crippen LogP contribution in [0.4, 0.5) is 0 Å². The lowest BCUT2D eigenvalue weighted by molar-refractivity contribution is 0.238. The van der Waals surface area contributed by atoms with E-state index in [1.807, 2.05) is 0 Å². The molecule has 1 heteroatoms. The zero-order chi connectivity index (χ0) is 15.0. The first kappa shape index (κ1) is 17.5. The Morgan fingerprint density at radius 3 is 1.74 bits per heavy atom. The van der Waals surface area contributed by atoms with Crippen LogP contribution >= 0.6 is 7.92 Å². The molecule has 0 radical (unpaired) electrons. The Morgan fingerprint density at radius 1 is 0.895 bits per heavy atom. The van der Waals surface area contributed by atoms with Gasteiger partial charge in [-0.05, 0) is 46.6 Å². The topological polar surface area (TPSA) is 0 Å². The van der Waals surface area contributed by atoms with E-state index in [2.05, 4.69) is 62.3 Å². The van der Waals surface area contributed by atoms with Gasteiger partial charge >= 0.3 is 0 Å². The van der Waals surface area contributed by atoms with E-state index in [1.54, 1.807) is 0 Å². The fraction of sp³-hybridized carbons (Fsp3) is 1.00. The molecule has 0 aromatic heterocycles. The van der Waals surface area contributed by atoms with Gasteiger partial charge in [-0.2, -0.15) is 0 Å².